The molecule has 1 aromatic rings. The van der Waals surface area contributed by atoms with Gasteiger partial charge in [-0.25, -0.2) is 0 Å². The highest BCUT2D eigenvalue weighted by Crippen LogP contribution is 2.34. The fraction of sp³-hybridized carbons (Fsp3) is 0.625. The molecule has 22 heavy (non-hydrogen) atoms. The molecule has 6 heteroatoms. The molecule has 0 bridgehead atoms. The van der Waals surface area contributed by atoms with Crippen LogP contribution in [0, 0.1) is 16.7 Å². The van der Waals surface area contributed by atoms with Gasteiger partial charge in [-0.15, -0.1) is 0 Å². The maximum atomic E-state index is 11.8. The van der Waals surface area contributed by atoms with E-state index in [1.165, 1.54) is 0 Å². The Morgan fingerprint density at radius 3 is 2.95 bits per heavy atom. The summed E-state index contributed by atoms with van der Waals surface area (Å²) in [5, 5.41) is 18.7. The first-order valence-electron chi connectivity index (χ1n) is 7.51. The Balaban J connectivity index is 2.08. The predicted octanol–water partition coefficient (Wildman–Crippen LogP) is 1.60. The van der Waals surface area contributed by atoms with E-state index in [1.807, 2.05) is 19.3 Å². The van der Waals surface area contributed by atoms with Gasteiger partial charge in [-0.05, 0) is 37.4 Å². The Morgan fingerprint density at radius 1 is 1.59 bits per heavy atom. The zero-order valence-corrected chi connectivity index (χ0v) is 13.2. The number of rotatable bonds is 6. The molecule has 0 aliphatic carbocycles. The van der Waals surface area contributed by atoms with Crippen LogP contribution in [0.25, 0.3) is 0 Å². The number of methoxy groups -OCH3 is 1. The summed E-state index contributed by atoms with van der Waals surface area (Å²) in [6.07, 6.45) is 4.03. The third-order valence-electron chi connectivity index (χ3n) is 4.48. The van der Waals surface area contributed by atoms with Crippen molar-refractivity contribution in [3.05, 3.63) is 23.5 Å². The molecule has 0 saturated carbocycles. The largest absolute Gasteiger partial charge is 0.481 e. The average molecular weight is 305 g/mol. The van der Waals surface area contributed by atoms with Gasteiger partial charge in [0.25, 0.3) is 0 Å². The molecule has 2 rings (SSSR count). The highest BCUT2D eigenvalue weighted by Gasteiger charge is 2.41. The fourth-order valence-corrected chi connectivity index (χ4v) is 3.23. The second kappa shape index (κ2) is 6.95. The van der Waals surface area contributed by atoms with E-state index in [-0.39, 0.29) is 0 Å². The third kappa shape index (κ3) is 3.49. The number of hydrogen-bond acceptors (Lipinski definition) is 4. The first kappa shape index (κ1) is 16.5. The molecule has 6 nitrogen and oxygen atoms in total. The number of nitriles is 1. The van der Waals surface area contributed by atoms with Gasteiger partial charge in [0, 0.05) is 40.1 Å². The van der Waals surface area contributed by atoms with Crippen molar-refractivity contribution in [1.29, 1.82) is 5.26 Å². The lowest BCUT2D eigenvalue weighted by molar-refractivity contribution is -0.154. The van der Waals surface area contributed by atoms with Crippen LogP contribution in [-0.4, -0.2) is 47.3 Å². The molecule has 0 amide bonds. The summed E-state index contributed by atoms with van der Waals surface area (Å²) in [7, 11) is 3.45. The number of ether oxygens (including phenoxy) is 1. The zero-order chi connectivity index (χ0) is 16.2. The summed E-state index contributed by atoms with van der Waals surface area (Å²) in [5.41, 5.74) is 0.948. The Bertz CT molecular complexity index is 576. The van der Waals surface area contributed by atoms with Crippen LogP contribution >= 0.6 is 0 Å². The molecule has 120 valence electrons. The van der Waals surface area contributed by atoms with Crippen LogP contribution in [0.5, 0.6) is 0 Å². The number of hydrogen-bond donors (Lipinski definition) is 1. The van der Waals surface area contributed by atoms with Crippen molar-refractivity contribution in [3.8, 4) is 6.07 Å². The van der Waals surface area contributed by atoms with Crippen molar-refractivity contribution in [2.75, 3.05) is 26.8 Å². The fourth-order valence-electron chi connectivity index (χ4n) is 3.23. The van der Waals surface area contributed by atoms with E-state index < -0.39 is 11.4 Å². The molecule has 0 radical (unpaired) electrons. The van der Waals surface area contributed by atoms with E-state index in [0.29, 0.717) is 38.2 Å². The first-order chi connectivity index (χ1) is 10.5. The van der Waals surface area contributed by atoms with Crippen LogP contribution in [0.2, 0.25) is 0 Å². The SMILES string of the molecule is COCCC1(C(=O)O)CCCN(Cc2cc(C#N)n(C)c2)C1. The minimum absolute atomic E-state index is 0.462. The molecule has 1 saturated heterocycles. The number of aryl methyl sites for hydroxylation is 1. The Labute approximate surface area is 130 Å². The number of carboxylic acid groups (broad SMARTS) is 1. The van der Waals surface area contributed by atoms with E-state index in [2.05, 4.69) is 11.0 Å². The van der Waals surface area contributed by atoms with Gasteiger partial charge in [-0.1, -0.05) is 0 Å². The topological polar surface area (TPSA) is 78.5 Å². The van der Waals surface area contributed by atoms with Crippen LogP contribution in [-0.2, 0) is 23.1 Å². The Hall–Kier alpha value is -1.84. The Kier molecular flexibility index (Phi) is 5.22. The number of aromatic nitrogens is 1. The summed E-state index contributed by atoms with van der Waals surface area (Å²) in [4.78, 5) is 13.9. The third-order valence-corrected chi connectivity index (χ3v) is 4.48. The maximum Gasteiger partial charge on any atom is 0.311 e. The monoisotopic (exact) mass is 305 g/mol. The van der Waals surface area contributed by atoms with Gasteiger partial charge in [0.2, 0.25) is 0 Å². The predicted molar refractivity (Wildman–Crippen MR) is 81.2 cm³/mol. The first-order valence-corrected chi connectivity index (χ1v) is 7.51. The molecule has 1 N–H and O–H groups in total. The summed E-state index contributed by atoms with van der Waals surface area (Å²) in [6.45, 7) is 2.56. The summed E-state index contributed by atoms with van der Waals surface area (Å²) >= 11 is 0. The van der Waals surface area contributed by atoms with Crippen LogP contribution in [0.1, 0.15) is 30.5 Å². The van der Waals surface area contributed by atoms with Crippen LogP contribution in [0.4, 0.5) is 0 Å². The van der Waals surface area contributed by atoms with Gasteiger partial charge < -0.3 is 14.4 Å². The van der Waals surface area contributed by atoms with Gasteiger partial charge in [0.1, 0.15) is 11.8 Å². The van der Waals surface area contributed by atoms with E-state index in [1.54, 1.807) is 11.7 Å². The smallest absolute Gasteiger partial charge is 0.311 e. The maximum absolute atomic E-state index is 11.8. The molecule has 2 heterocycles. The van der Waals surface area contributed by atoms with E-state index in [9.17, 15) is 9.90 Å². The molecule has 0 aromatic carbocycles. The number of likely N-dealkylation sites (tertiary alicyclic amines) is 1. The van der Waals surface area contributed by atoms with Crippen molar-refractivity contribution in [3.63, 3.8) is 0 Å². The minimum Gasteiger partial charge on any atom is -0.481 e. The van der Waals surface area contributed by atoms with E-state index >= 15 is 0 Å². The van der Waals surface area contributed by atoms with Crippen molar-refractivity contribution in [1.82, 2.24) is 9.47 Å². The normalized spacial score (nSPS) is 22.4. The molecule has 1 aliphatic heterocycles. The number of carbonyl (C=O) groups is 1. The minimum atomic E-state index is -0.736. The lowest BCUT2D eigenvalue weighted by atomic mass is 9.77. The lowest BCUT2D eigenvalue weighted by Crippen LogP contribution is -2.48. The number of piperidine rings is 1. The summed E-state index contributed by atoms with van der Waals surface area (Å²) < 4.78 is 6.89. The molecular weight excluding hydrogens is 282 g/mol. The van der Waals surface area contributed by atoms with Crippen LogP contribution < -0.4 is 0 Å². The van der Waals surface area contributed by atoms with E-state index in [0.717, 1.165) is 18.5 Å². The van der Waals surface area contributed by atoms with Crippen LogP contribution in [0.15, 0.2) is 12.3 Å². The molecular formula is C16H23N3O3. The summed E-state index contributed by atoms with van der Waals surface area (Å²) in [5.74, 6) is -0.736. The average Bonchev–Trinajstić information content (AvgIpc) is 2.85. The molecule has 0 spiro atoms. The van der Waals surface area contributed by atoms with Gasteiger partial charge >= 0.3 is 5.97 Å². The lowest BCUT2D eigenvalue weighted by Gasteiger charge is -2.39. The second-order valence-electron chi connectivity index (χ2n) is 6.10. The van der Waals surface area contributed by atoms with Crippen molar-refractivity contribution < 1.29 is 14.6 Å². The number of nitrogens with zero attached hydrogens (tertiary/aromatic N) is 3. The van der Waals surface area contributed by atoms with Gasteiger partial charge in [0.05, 0.1) is 5.41 Å². The number of aliphatic carboxylic acids is 1. The van der Waals surface area contributed by atoms with Crippen molar-refractivity contribution >= 4 is 5.97 Å². The standard InChI is InChI=1S/C16H23N3O3/c1-18-10-13(8-14(18)9-17)11-19-6-3-4-16(12-19,15(20)21)5-7-22-2/h8,10H,3-7,11-12H2,1-2H3,(H,20,21). The highest BCUT2D eigenvalue weighted by atomic mass is 16.5. The van der Waals surface area contributed by atoms with Crippen molar-refractivity contribution in [2.45, 2.75) is 25.8 Å². The molecule has 1 atom stereocenters. The number of carboxylic acids is 1. The molecule has 1 unspecified atom stereocenters. The molecule has 1 aliphatic rings. The second-order valence-corrected chi connectivity index (χ2v) is 6.10. The molecule has 1 aromatic heterocycles. The van der Waals surface area contributed by atoms with Crippen molar-refractivity contribution in [2.24, 2.45) is 12.5 Å². The van der Waals surface area contributed by atoms with E-state index in [4.69, 9.17) is 10.00 Å². The van der Waals surface area contributed by atoms with Gasteiger partial charge in [-0.3, -0.25) is 9.69 Å². The zero-order valence-electron chi connectivity index (χ0n) is 13.2. The highest BCUT2D eigenvalue weighted by molar-refractivity contribution is 5.75. The summed E-state index contributed by atoms with van der Waals surface area (Å²) in [6, 6.07) is 4.02. The molecule has 1 fully saturated rings. The quantitative estimate of drug-likeness (QED) is 0.863. The Morgan fingerprint density at radius 2 is 2.36 bits per heavy atom. The van der Waals surface area contributed by atoms with Gasteiger partial charge in [0.15, 0.2) is 0 Å². The van der Waals surface area contributed by atoms with Gasteiger partial charge in [-0.2, -0.15) is 5.26 Å². The van der Waals surface area contributed by atoms with Crippen LogP contribution in [0.3, 0.4) is 0 Å².